The maximum atomic E-state index is 5.76. The molecule has 0 aromatic carbocycles. The average molecular weight is 249 g/mol. The minimum absolute atomic E-state index is 0.463. The summed E-state index contributed by atoms with van der Waals surface area (Å²) >= 11 is 1.47. The van der Waals surface area contributed by atoms with Gasteiger partial charge in [-0.05, 0) is 32.6 Å². The van der Waals surface area contributed by atoms with Crippen molar-refractivity contribution < 1.29 is 0 Å². The van der Waals surface area contributed by atoms with Crippen LogP contribution in [0, 0.1) is 20.8 Å². The lowest BCUT2D eigenvalue weighted by molar-refractivity contribution is 0.779. The fourth-order valence-electron chi connectivity index (χ4n) is 1.57. The van der Waals surface area contributed by atoms with Gasteiger partial charge in [0.25, 0.3) is 0 Å². The summed E-state index contributed by atoms with van der Waals surface area (Å²) in [5, 5.41) is 5.12. The second-order valence-electron chi connectivity index (χ2n) is 3.85. The van der Waals surface area contributed by atoms with Crippen molar-refractivity contribution in [3.8, 4) is 5.82 Å². The molecule has 0 aliphatic rings. The third kappa shape index (κ3) is 2.12. The van der Waals surface area contributed by atoms with Gasteiger partial charge < -0.3 is 5.73 Å². The topological polar surface area (TPSA) is 69.6 Å². The van der Waals surface area contributed by atoms with Gasteiger partial charge in [-0.3, -0.25) is 0 Å². The first-order valence-corrected chi connectivity index (χ1v) is 6.47. The molecule has 17 heavy (non-hydrogen) atoms. The number of aryl methyl sites for hydroxylation is 1. The number of hydrogen-bond donors (Lipinski definition) is 1. The summed E-state index contributed by atoms with van der Waals surface area (Å²) in [7, 11) is 0. The molecule has 0 unspecified atom stereocenters. The molecule has 0 saturated heterocycles. The zero-order chi connectivity index (χ0) is 12.6. The highest BCUT2D eigenvalue weighted by molar-refractivity contribution is 7.98. The summed E-state index contributed by atoms with van der Waals surface area (Å²) in [5.74, 6) is 1.18. The normalized spacial score (nSPS) is 10.8. The van der Waals surface area contributed by atoms with Gasteiger partial charge in [0.05, 0.1) is 5.69 Å². The van der Waals surface area contributed by atoms with Crippen LogP contribution in [0.3, 0.4) is 0 Å². The van der Waals surface area contributed by atoms with E-state index in [1.165, 1.54) is 17.3 Å². The third-order valence-electron chi connectivity index (χ3n) is 2.76. The average Bonchev–Trinajstić information content (AvgIpc) is 2.56. The highest BCUT2D eigenvalue weighted by atomic mass is 32.2. The fourth-order valence-corrected chi connectivity index (χ4v) is 1.96. The molecule has 0 spiro atoms. The molecule has 5 nitrogen and oxygen atoms in total. The highest BCUT2D eigenvalue weighted by Gasteiger charge is 2.11. The zero-order valence-electron chi connectivity index (χ0n) is 10.4. The van der Waals surface area contributed by atoms with Crippen LogP contribution < -0.4 is 5.73 Å². The molecule has 90 valence electrons. The summed E-state index contributed by atoms with van der Waals surface area (Å²) in [6, 6.07) is 1.73. The van der Waals surface area contributed by atoms with E-state index in [4.69, 9.17) is 5.73 Å². The first-order chi connectivity index (χ1) is 8.02. The quantitative estimate of drug-likeness (QED) is 0.650. The Morgan fingerprint density at radius 3 is 2.47 bits per heavy atom. The van der Waals surface area contributed by atoms with Crippen molar-refractivity contribution >= 4 is 17.6 Å². The predicted molar refractivity (Wildman–Crippen MR) is 69.6 cm³/mol. The molecular weight excluding hydrogens is 234 g/mol. The maximum Gasteiger partial charge on any atom is 0.191 e. The van der Waals surface area contributed by atoms with E-state index in [2.05, 4.69) is 15.1 Å². The fraction of sp³-hybridized carbons (Fsp3) is 0.364. The molecule has 2 rings (SSSR count). The summed E-state index contributed by atoms with van der Waals surface area (Å²) in [6.45, 7) is 6.06. The van der Waals surface area contributed by atoms with E-state index in [-0.39, 0.29) is 0 Å². The largest absolute Gasteiger partial charge is 0.383 e. The second kappa shape index (κ2) is 4.37. The zero-order valence-corrected chi connectivity index (χ0v) is 11.2. The Labute approximate surface area is 104 Å². The van der Waals surface area contributed by atoms with E-state index >= 15 is 0 Å². The van der Waals surface area contributed by atoms with Crippen LogP contribution in [0.5, 0.6) is 0 Å². The number of rotatable bonds is 2. The molecule has 0 aliphatic carbocycles. The molecule has 0 atom stereocenters. The molecule has 0 saturated carbocycles. The number of thioether (sulfide) groups is 1. The van der Waals surface area contributed by atoms with Crippen molar-refractivity contribution in [3.63, 3.8) is 0 Å². The van der Waals surface area contributed by atoms with Gasteiger partial charge >= 0.3 is 0 Å². The molecule has 0 aliphatic heterocycles. The first kappa shape index (κ1) is 11.9. The SMILES string of the molecule is CSc1nc(N)cc(-n2nc(C)c(C)c2C)n1. The first-order valence-electron chi connectivity index (χ1n) is 5.24. The summed E-state index contributed by atoms with van der Waals surface area (Å²) in [6.07, 6.45) is 1.92. The van der Waals surface area contributed by atoms with Crippen LogP contribution in [0.25, 0.3) is 5.82 Å². The van der Waals surface area contributed by atoms with Gasteiger partial charge in [0.15, 0.2) is 11.0 Å². The van der Waals surface area contributed by atoms with Crippen molar-refractivity contribution in [3.05, 3.63) is 23.0 Å². The van der Waals surface area contributed by atoms with Gasteiger partial charge in [-0.25, -0.2) is 14.6 Å². The van der Waals surface area contributed by atoms with Gasteiger partial charge in [0, 0.05) is 11.8 Å². The van der Waals surface area contributed by atoms with Crippen molar-refractivity contribution in [1.29, 1.82) is 0 Å². The van der Waals surface area contributed by atoms with Gasteiger partial charge in [-0.1, -0.05) is 11.8 Å². The van der Waals surface area contributed by atoms with Crippen LogP contribution in [0.15, 0.2) is 11.2 Å². The van der Waals surface area contributed by atoms with Crippen LogP contribution in [0.4, 0.5) is 5.82 Å². The van der Waals surface area contributed by atoms with Gasteiger partial charge in [0.2, 0.25) is 0 Å². The minimum Gasteiger partial charge on any atom is -0.383 e. The van der Waals surface area contributed by atoms with Gasteiger partial charge in [-0.2, -0.15) is 5.10 Å². The lowest BCUT2D eigenvalue weighted by Crippen LogP contribution is -2.05. The second-order valence-corrected chi connectivity index (χ2v) is 4.62. The molecular formula is C11H15N5S. The Morgan fingerprint density at radius 1 is 1.24 bits per heavy atom. The van der Waals surface area contributed by atoms with Crippen molar-refractivity contribution in [1.82, 2.24) is 19.7 Å². The van der Waals surface area contributed by atoms with Gasteiger partial charge in [-0.15, -0.1) is 0 Å². The molecule has 2 aromatic rings. The Kier molecular flexibility index (Phi) is 3.06. The third-order valence-corrected chi connectivity index (χ3v) is 3.31. The summed E-state index contributed by atoms with van der Waals surface area (Å²) < 4.78 is 1.81. The highest BCUT2D eigenvalue weighted by Crippen LogP contribution is 2.19. The van der Waals surface area contributed by atoms with Crippen LogP contribution in [0.2, 0.25) is 0 Å². The number of nitrogen functional groups attached to an aromatic ring is 1. The molecule has 2 aromatic heterocycles. The smallest absolute Gasteiger partial charge is 0.191 e. The molecule has 0 amide bonds. The molecule has 6 heteroatoms. The number of aromatic nitrogens is 4. The number of hydrogen-bond acceptors (Lipinski definition) is 5. The Bertz CT molecular complexity index is 561. The van der Waals surface area contributed by atoms with E-state index < -0.39 is 0 Å². The van der Waals surface area contributed by atoms with Crippen LogP contribution in [-0.4, -0.2) is 26.0 Å². The van der Waals surface area contributed by atoms with E-state index in [0.717, 1.165) is 17.2 Å². The Balaban J connectivity index is 2.59. The predicted octanol–water partition coefficient (Wildman–Crippen LogP) is 1.89. The monoisotopic (exact) mass is 249 g/mol. The van der Waals surface area contributed by atoms with E-state index in [1.807, 2.05) is 31.7 Å². The lowest BCUT2D eigenvalue weighted by atomic mass is 10.2. The van der Waals surface area contributed by atoms with E-state index in [0.29, 0.717) is 11.0 Å². The molecule has 2 N–H and O–H groups in total. The number of nitrogens with two attached hydrogens (primary N) is 1. The number of nitrogens with zero attached hydrogens (tertiary/aromatic N) is 4. The molecule has 0 bridgehead atoms. The van der Waals surface area contributed by atoms with Gasteiger partial charge in [0.1, 0.15) is 5.82 Å². The Hall–Kier alpha value is -1.56. The van der Waals surface area contributed by atoms with Crippen LogP contribution in [-0.2, 0) is 0 Å². The molecule has 0 radical (unpaired) electrons. The van der Waals surface area contributed by atoms with Crippen LogP contribution in [0.1, 0.15) is 17.0 Å². The van der Waals surface area contributed by atoms with Crippen molar-refractivity contribution in [2.24, 2.45) is 0 Å². The summed E-state index contributed by atoms with van der Waals surface area (Å²) in [4.78, 5) is 8.54. The minimum atomic E-state index is 0.463. The number of anilines is 1. The van der Waals surface area contributed by atoms with Crippen LogP contribution >= 0.6 is 11.8 Å². The van der Waals surface area contributed by atoms with Crippen molar-refractivity contribution in [2.75, 3.05) is 12.0 Å². The Morgan fingerprint density at radius 2 is 1.94 bits per heavy atom. The molecule has 2 heterocycles. The van der Waals surface area contributed by atoms with E-state index in [9.17, 15) is 0 Å². The van der Waals surface area contributed by atoms with E-state index in [1.54, 1.807) is 6.07 Å². The van der Waals surface area contributed by atoms with Crippen molar-refractivity contribution in [2.45, 2.75) is 25.9 Å². The summed E-state index contributed by atoms with van der Waals surface area (Å²) in [5.41, 5.74) is 9.02. The standard InChI is InChI=1S/C11H15N5S/c1-6-7(2)15-16(8(6)3)10-5-9(12)13-11(14-10)17-4/h5H,1-4H3,(H2,12,13,14). The lowest BCUT2D eigenvalue weighted by Gasteiger charge is -2.06. The maximum absolute atomic E-state index is 5.76. The molecule has 0 fully saturated rings.